The number of unbranched alkanes of at least 4 members (excludes halogenated alkanes) is 1. The lowest BCUT2D eigenvalue weighted by molar-refractivity contribution is -0.384. The number of nitro groups is 1. The number of amides is 1. The van der Waals surface area contributed by atoms with Crippen molar-refractivity contribution in [1.29, 1.82) is 0 Å². The number of rotatable bonds is 7. The van der Waals surface area contributed by atoms with E-state index in [0.717, 1.165) is 45.4 Å². The Labute approximate surface area is 171 Å². The number of piperazine rings is 1. The van der Waals surface area contributed by atoms with Crippen LogP contribution in [0, 0.1) is 10.1 Å². The molecule has 1 aliphatic heterocycles. The average molecular weight is 396 g/mol. The molecule has 1 aliphatic rings. The van der Waals surface area contributed by atoms with Gasteiger partial charge in [0.05, 0.1) is 4.92 Å². The smallest absolute Gasteiger partial charge is 0.293 e. The van der Waals surface area contributed by atoms with Gasteiger partial charge in [-0.05, 0) is 49.7 Å². The minimum absolute atomic E-state index is 0.0304. The van der Waals surface area contributed by atoms with Gasteiger partial charge in [0.2, 0.25) is 0 Å². The number of hydrogen-bond acceptors (Lipinski definition) is 5. The van der Waals surface area contributed by atoms with E-state index in [1.165, 1.54) is 11.6 Å². The van der Waals surface area contributed by atoms with Crippen LogP contribution in [0.15, 0.2) is 42.5 Å². The van der Waals surface area contributed by atoms with Crippen LogP contribution in [0.5, 0.6) is 0 Å². The fourth-order valence-corrected chi connectivity index (χ4v) is 3.46. The van der Waals surface area contributed by atoms with E-state index in [-0.39, 0.29) is 17.2 Å². The number of benzene rings is 2. The summed E-state index contributed by atoms with van der Waals surface area (Å²) in [7, 11) is 2.04. The molecule has 7 nitrogen and oxygen atoms in total. The summed E-state index contributed by atoms with van der Waals surface area (Å²) < 4.78 is 0. The molecule has 7 heteroatoms. The zero-order chi connectivity index (χ0) is 20.8. The quantitative estimate of drug-likeness (QED) is 0.566. The van der Waals surface area contributed by atoms with Crippen molar-refractivity contribution in [3.05, 3.63) is 63.7 Å². The molecule has 0 saturated carbocycles. The summed E-state index contributed by atoms with van der Waals surface area (Å²) in [6, 6.07) is 12.5. The van der Waals surface area contributed by atoms with Gasteiger partial charge in [-0.15, -0.1) is 0 Å². The van der Waals surface area contributed by atoms with Crippen molar-refractivity contribution < 1.29 is 9.72 Å². The van der Waals surface area contributed by atoms with Crippen molar-refractivity contribution in [2.24, 2.45) is 0 Å². The van der Waals surface area contributed by atoms with Crippen molar-refractivity contribution >= 4 is 23.0 Å². The molecule has 1 fully saturated rings. The van der Waals surface area contributed by atoms with Crippen LogP contribution in [0.3, 0.4) is 0 Å². The third-order valence-electron chi connectivity index (χ3n) is 5.31. The lowest BCUT2D eigenvalue weighted by Crippen LogP contribution is -2.44. The van der Waals surface area contributed by atoms with E-state index in [4.69, 9.17) is 0 Å². The number of anilines is 2. The predicted molar refractivity (Wildman–Crippen MR) is 116 cm³/mol. The van der Waals surface area contributed by atoms with Crippen LogP contribution in [0.25, 0.3) is 0 Å². The summed E-state index contributed by atoms with van der Waals surface area (Å²) in [4.78, 5) is 28.0. The van der Waals surface area contributed by atoms with Crippen molar-refractivity contribution in [2.45, 2.75) is 26.2 Å². The first kappa shape index (κ1) is 20.8. The van der Waals surface area contributed by atoms with Gasteiger partial charge >= 0.3 is 0 Å². The van der Waals surface area contributed by atoms with Crippen LogP contribution in [-0.4, -0.2) is 49.0 Å². The van der Waals surface area contributed by atoms with E-state index in [1.807, 2.05) is 36.2 Å². The number of carbonyl (C=O) groups is 1. The fourth-order valence-electron chi connectivity index (χ4n) is 3.46. The highest BCUT2D eigenvalue weighted by molar-refractivity contribution is 6.05. The lowest BCUT2D eigenvalue weighted by atomic mass is 10.1. The van der Waals surface area contributed by atoms with Crippen molar-refractivity contribution in [3.63, 3.8) is 0 Å². The average Bonchev–Trinajstić information content (AvgIpc) is 2.73. The fraction of sp³-hybridized carbons (Fsp3) is 0.409. The molecule has 154 valence electrons. The largest absolute Gasteiger partial charge is 0.363 e. The predicted octanol–water partition coefficient (Wildman–Crippen LogP) is 3.94. The second kappa shape index (κ2) is 9.52. The van der Waals surface area contributed by atoms with Gasteiger partial charge in [-0.3, -0.25) is 14.9 Å². The van der Waals surface area contributed by atoms with Crippen LogP contribution in [0.1, 0.15) is 35.7 Å². The van der Waals surface area contributed by atoms with E-state index in [2.05, 4.69) is 17.1 Å². The Morgan fingerprint density at radius 1 is 1.10 bits per heavy atom. The van der Waals surface area contributed by atoms with Crippen molar-refractivity contribution in [3.8, 4) is 0 Å². The van der Waals surface area contributed by atoms with Gasteiger partial charge in [-0.2, -0.15) is 0 Å². The standard InChI is InChI=1S/C22H28N4O3/c1-3-4-5-17-6-9-19(10-7-17)23-22(27)18-8-11-20(21(16-18)26(28)29)25-14-12-24(2)13-15-25/h6-11,16H,3-5,12-15H2,1-2H3,(H,23,27). The molecule has 3 rings (SSSR count). The van der Waals surface area contributed by atoms with Crippen LogP contribution in [-0.2, 0) is 6.42 Å². The number of nitrogens with zero attached hydrogens (tertiary/aromatic N) is 3. The monoisotopic (exact) mass is 396 g/mol. The van der Waals surface area contributed by atoms with Crippen LogP contribution >= 0.6 is 0 Å². The van der Waals surface area contributed by atoms with Gasteiger partial charge in [0.25, 0.3) is 11.6 Å². The summed E-state index contributed by atoms with van der Waals surface area (Å²) in [6.45, 7) is 5.32. The normalized spacial score (nSPS) is 14.6. The zero-order valence-electron chi connectivity index (χ0n) is 17.1. The number of likely N-dealkylation sites (N-methyl/N-ethyl adjacent to an activating group) is 1. The number of aryl methyl sites for hydroxylation is 1. The van der Waals surface area contributed by atoms with Gasteiger partial charge in [0.15, 0.2) is 0 Å². The first-order valence-corrected chi connectivity index (χ1v) is 10.1. The van der Waals surface area contributed by atoms with E-state index in [0.29, 0.717) is 11.4 Å². The molecule has 0 bridgehead atoms. The highest BCUT2D eigenvalue weighted by Gasteiger charge is 2.24. The molecule has 1 heterocycles. The number of hydrogen-bond donors (Lipinski definition) is 1. The van der Waals surface area contributed by atoms with E-state index in [1.54, 1.807) is 12.1 Å². The molecule has 29 heavy (non-hydrogen) atoms. The van der Waals surface area contributed by atoms with Gasteiger partial charge in [-0.1, -0.05) is 25.5 Å². The molecule has 2 aromatic carbocycles. The SMILES string of the molecule is CCCCc1ccc(NC(=O)c2ccc(N3CCN(C)CC3)c([N+](=O)[O-])c2)cc1. The third kappa shape index (κ3) is 5.32. The number of nitro benzene ring substituents is 1. The number of carbonyl (C=O) groups excluding carboxylic acids is 1. The zero-order valence-corrected chi connectivity index (χ0v) is 17.1. The molecule has 2 aromatic rings. The van der Waals surface area contributed by atoms with Crippen molar-refractivity contribution in [2.75, 3.05) is 43.4 Å². The molecule has 0 atom stereocenters. The summed E-state index contributed by atoms with van der Waals surface area (Å²) in [6.07, 6.45) is 3.29. The summed E-state index contributed by atoms with van der Waals surface area (Å²) in [5.41, 5.74) is 2.74. The van der Waals surface area contributed by atoms with Crippen LogP contribution < -0.4 is 10.2 Å². The summed E-state index contributed by atoms with van der Waals surface area (Å²) in [5.74, 6) is -0.348. The molecule has 0 spiro atoms. The van der Waals surface area contributed by atoms with E-state index >= 15 is 0 Å². The second-order valence-corrected chi connectivity index (χ2v) is 7.51. The minimum atomic E-state index is -0.410. The topological polar surface area (TPSA) is 78.7 Å². The molecule has 0 radical (unpaired) electrons. The van der Waals surface area contributed by atoms with E-state index < -0.39 is 4.92 Å². The van der Waals surface area contributed by atoms with Crippen LogP contribution in [0.2, 0.25) is 0 Å². The first-order chi connectivity index (χ1) is 14.0. The van der Waals surface area contributed by atoms with Gasteiger partial charge in [0.1, 0.15) is 5.69 Å². The second-order valence-electron chi connectivity index (χ2n) is 7.51. The van der Waals surface area contributed by atoms with Crippen LogP contribution in [0.4, 0.5) is 17.1 Å². The Hall–Kier alpha value is -2.93. The maximum atomic E-state index is 12.6. The van der Waals surface area contributed by atoms with Gasteiger partial charge in [0, 0.05) is 43.5 Å². The molecule has 1 N–H and O–H groups in total. The van der Waals surface area contributed by atoms with Gasteiger partial charge < -0.3 is 15.1 Å². The highest BCUT2D eigenvalue weighted by Crippen LogP contribution is 2.30. The minimum Gasteiger partial charge on any atom is -0.363 e. The Kier molecular flexibility index (Phi) is 6.82. The first-order valence-electron chi connectivity index (χ1n) is 10.1. The molecule has 0 aromatic heterocycles. The molecule has 0 unspecified atom stereocenters. The Morgan fingerprint density at radius 2 is 1.79 bits per heavy atom. The number of nitrogens with one attached hydrogen (secondary N) is 1. The summed E-state index contributed by atoms with van der Waals surface area (Å²) in [5, 5.41) is 14.5. The molecule has 1 amide bonds. The molecular weight excluding hydrogens is 368 g/mol. The summed E-state index contributed by atoms with van der Waals surface area (Å²) >= 11 is 0. The molecule has 0 aliphatic carbocycles. The maximum absolute atomic E-state index is 12.6. The maximum Gasteiger partial charge on any atom is 0.293 e. The van der Waals surface area contributed by atoms with Crippen molar-refractivity contribution in [1.82, 2.24) is 4.90 Å². The van der Waals surface area contributed by atoms with Gasteiger partial charge in [-0.25, -0.2) is 0 Å². The Balaban J connectivity index is 1.73. The highest BCUT2D eigenvalue weighted by atomic mass is 16.6. The molecule has 1 saturated heterocycles. The Bertz CT molecular complexity index is 859. The Morgan fingerprint density at radius 3 is 2.41 bits per heavy atom. The molecular formula is C22H28N4O3. The van der Waals surface area contributed by atoms with E-state index in [9.17, 15) is 14.9 Å². The third-order valence-corrected chi connectivity index (χ3v) is 5.31. The lowest BCUT2D eigenvalue weighted by Gasteiger charge is -2.33.